The molecule has 0 unspecified atom stereocenters. The summed E-state index contributed by atoms with van der Waals surface area (Å²) in [6, 6.07) is 13.8. The molecule has 0 bridgehead atoms. The van der Waals surface area contributed by atoms with Crippen molar-refractivity contribution in [3.8, 4) is 0 Å². The van der Waals surface area contributed by atoms with Gasteiger partial charge in [-0.05, 0) is 24.6 Å². The Morgan fingerprint density at radius 3 is 2.33 bits per heavy atom. The minimum Gasteiger partial charge on any atom is -0.460 e. The second-order valence-corrected chi connectivity index (χ2v) is 6.98. The van der Waals surface area contributed by atoms with Crippen molar-refractivity contribution in [3.05, 3.63) is 65.7 Å². The number of hydrogen-bond acceptors (Lipinski definition) is 5. The molecule has 0 fully saturated rings. The number of ether oxygens (including phenoxy) is 1. The van der Waals surface area contributed by atoms with Gasteiger partial charge in [0, 0.05) is 0 Å². The summed E-state index contributed by atoms with van der Waals surface area (Å²) >= 11 is 0. The van der Waals surface area contributed by atoms with Gasteiger partial charge in [-0.3, -0.25) is 4.79 Å². The van der Waals surface area contributed by atoms with E-state index in [0.717, 1.165) is 11.1 Å². The zero-order chi connectivity index (χ0) is 17.6. The average molecular weight is 349 g/mol. The first-order chi connectivity index (χ1) is 11.4. The maximum atomic E-state index is 12.3. The normalized spacial score (nSPS) is 12.6. The van der Waals surface area contributed by atoms with Gasteiger partial charge in [0.15, 0.2) is 0 Å². The highest BCUT2D eigenvalue weighted by atomic mass is 32.2. The summed E-state index contributed by atoms with van der Waals surface area (Å²) in [6.45, 7) is 1.14. The van der Waals surface area contributed by atoms with E-state index in [-0.39, 0.29) is 11.5 Å². The van der Waals surface area contributed by atoms with Crippen molar-refractivity contribution in [2.45, 2.75) is 24.5 Å². The fourth-order valence-electron chi connectivity index (χ4n) is 1.96. The van der Waals surface area contributed by atoms with Gasteiger partial charge in [-0.2, -0.15) is 4.72 Å². The van der Waals surface area contributed by atoms with Crippen LogP contribution in [0.4, 0.5) is 0 Å². The van der Waals surface area contributed by atoms with Gasteiger partial charge in [0.05, 0.1) is 11.5 Å². The van der Waals surface area contributed by atoms with Crippen LogP contribution in [0.2, 0.25) is 0 Å². The summed E-state index contributed by atoms with van der Waals surface area (Å²) in [6.07, 6.45) is 0. The first-order valence-corrected chi connectivity index (χ1v) is 8.81. The van der Waals surface area contributed by atoms with E-state index in [9.17, 15) is 18.3 Å². The Bertz CT molecular complexity index is 772. The van der Waals surface area contributed by atoms with Gasteiger partial charge in [0.2, 0.25) is 10.0 Å². The lowest BCUT2D eigenvalue weighted by Gasteiger charge is -2.16. The Labute approximate surface area is 141 Å². The second kappa shape index (κ2) is 8.05. The Balaban J connectivity index is 2.02. The Hall–Kier alpha value is -2.22. The quantitative estimate of drug-likeness (QED) is 0.737. The summed E-state index contributed by atoms with van der Waals surface area (Å²) in [7, 11) is -3.93. The number of sulfonamides is 1. The summed E-state index contributed by atoms with van der Waals surface area (Å²) < 4.78 is 31.7. The molecular weight excluding hydrogens is 330 g/mol. The fraction of sp³-hybridized carbons (Fsp3) is 0.235. The largest absolute Gasteiger partial charge is 0.460 e. The molecule has 0 aliphatic carbocycles. The number of benzene rings is 2. The van der Waals surface area contributed by atoms with Crippen molar-refractivity contribution in [2.75, 3.05) is 6.61 Å². The van der Waals surface area contributed by atoms with Crippen LogP contribution in [-0.4, -0.2) is 32.1 Å². The molecule has 0 saturated carbocycles. The molecule has 128 valence electrons. The van der Waals surface area contributed by atoms with Gasteiger partial charge < -0.3 is 9.84 Å². The molecular formula is C17H19NO5S. The third-order valence-electron chi connectivity index (χ3n) is 3.32. The Morgan fingerprint density at radius 2 is 1.75 bits per heavy atom. The van der Waals surface area contributed by atoms with Crippen molar-refractivity contribution in [1.82, 2.24) is 4.72 Å². The van der Waals surface area contributed by atoms with Gasteiger partial charge in [0.1, 0.15) is 12.6 Å². The molecule has 0 saturated heterocycles. The lowest BCUT2D eigenvalue weighted by atomic mass is 10.2. The number of aryl methyl sites for hydroxylation is 1. The van der Waals surface area contributed by atoms with Crippen LogP contribution in [0.1, 0.15) is 11.1 Å². The molecule has 0 spiro atoms. The van der Waals surface area contributed by atoms with Crippen LogP contribution in [0.3, 0.4) is 0 Å². The fourth-order valence-corrected chi connectivity index (χ4v) is 3.14. The molecule has 7 heteroatoms. The molecule has 6 nitrogen and oxygen atoms in total. The summed E-state index contributed by atoms with van der Waals surface area (Å²) in [4.78, 5) is 12.0. The van der Waals surface area contributed by atoms with E-state index < -0.39 is 28.6 Å². The minimum absolute atomic E-state index is 0.00241. The first kappa shape index (κ1) is 18.1. The molecule has 2 rings (SSSR count). The predicted octanol–water partition coefficient (Wildman–Crippen LogP) is 1.38. The number of nitrogens with one attached hydrogen (secondary N) is 1. The van der Waals surface area contributed by atoms with Crippen LogP contribution >= 0.6 is 0 Å². The molecule has 0 aromatic heterocycles. The van der Waals surface area contributed by atoms with Crippen molar-refractivity contribution in [3.63, 3.8) is 0 Å². The number of rotatable bonds is 7. The van der Waals surface area contributed by atoms with Crippen molar-refractivity contribution in [2.24, 2.45) is 0 Å². The molecule has 0 heterocycles. The highest BCUT2D eigenvalue weighted by Crippen LogP contribution is 2.11. The number of esters is 1. The zero-order valence-electron chi connectivity index (χ0n) is 13.2. The monoisotopic (exact) mass is 349 g/mol. The second-order valence-electron chi connectivity index (χ2n) is 5.26. The van der Waals surface area contributed by atoms with E-state index >= 15 is 0 Å². The number of aliphatic hydroxyl groups excluding tert-OH is 1. The van der Waals surface area contributed by atoms with Gasteiger partial charge >= 0.3 is 5.97 Å². The third kappa shape index (κ3) is 4.89. The average Bonchev–Trinajstić information content (AvgIpc) is 2.59. The van der Waals surface area contributed by atoms with Crippen LogP contribution in [-0.2, 0) is 26.2 Å². The molecule has 2 aromatic carbocycles. The maximum absolute atomic E-state index is 12.3. The molecule has 0 aliphatic heterocycles. The van der Waals surface area contributed by atoms with E-state index in [4.69, 9.17) is 4.74 Å². The van der Waals surface area contributed by atoms with Crippen molar-refractivity contribution >= 4 is 16.0 Å². The standard InChI is InChI=1S/C17H19NO5S/c1-13-7-9-15(10-8-13)24(21,22)18-16(11-19)17(20)23-12-14-5-3-2-4-6-14/h2-10,16,18-19H,11-12H2,1H3/t16-/m0/s1. The van der Waals surface area contributed by atoms with E-state index in [1.54, 1.807) is 36.4 Å². The highest BCUT2D eigenvalue weighted by molar-refractivity contribution is 7.89. The molecule has 24 heavy (non-hydrogen) atoms. The number of carbonyl (C=O) groups excluding carboxylic acids is 1. The van der Waals surface area contributed by atoms with E-state index in [1.807, 2.05) is 13.0 Å². The number of hydrogen-bond donors (Lipinski definition) is 2. The maximum Gasteiger partial charge on any atom is 0.326 e. The van der Waals surface area contributed by atoms with Crippen molar-refractivity contribution < 1.29 is 23.1 Å². The van der Waals surface area contributed by atoms with Gasteiger partial charge in [-0.25, -0.2) is 8.42 Å². The molecule has 0 aliphatic rings. The van der Waals surface area contributed by atoms with Crippen LogP contribution in [0, 0.1) is 6.92 Å². The van der Waals surface area contributed by atoms with E-state index in [1.165, 1.54) is 12.1 Å². The third-order valence-corrected chi connectivity index (χ3v) is 4.81. The molecule has 2 N–H and O–H groups in total. The van der Waals surface area contributed by atoms with Crippen LogP contribution < -0.4 is 4.72 Å². The summed E-state index contributed by atoms with van der Waals surface area (Å²) in [5, 5.41) is 9.32. The van der Waals surface area contributed by atoms with Gasteiger partial charge in [-0.15, -0.1) is 0 Å². The van der Waals surface area contributed by atoms with Gasteiger partial charge in [0.25, 0.3) is 0 Å². The molecule has 0 amide bonds. The minimum atomic E-state index is -3.93. The highest BCUT2D eigenvalue weighted by Gasteiger charge is 2.26. The van der Waals surface area contributed by atoms with Gasteiger partial charge in [-0.1, -0.05) is 48.0 Å². The zero-order valence-corrected chi connectivity index (χ0v) is 14.0. The van der Waals surface area contributed by atoms with Crippen LogP contribution in [0.25, 0.3) is 0 Å². The number of carbonyl (C=O) groups is 1. The Morgan fingerprint density at radius 1 is 1.12 bits per heavy atom. The van der Waals surface area contributed by atoms with Crippen LogP contribution in [0.15, 0.2) is 59.5 Å². The topological polar surface area (TPSA) is 92.7 Å². The summed E-state index contributed by atoms with van der Waals surface area (Å²) in [5.74, 6) is -0.836. The predicted molar refractivity (Wildman–Crippen MR) is 88.6 cm³/mol. The van der Waals surface area contributed by atoms with Crippen molar-refractivity contribution in [1.29, 1.82) is 0 Å². The van der Waals surface area contributed by atoms with E-state index in [2.05, 4.69) is 4.72 Å². The van der Waals surface area contributed by atoms with E-state index in [0.29, 0.717) is 0 Å². The molecule has 2 aromatic rings. The molecule has 0 radical (unpaired) electrons. The lowest BCUT2D eigenvalue weighted by Crippen LogP contribution is -2.44. The Kier molecular flexibility index (Phi) is 6.08. The number of aliphatic hydroxyl groups is 1. The lowest BCUT2D eigenvalue weighted by molar-refractivity contribution is -0.148. The smallest absolute Gasteiger partial charge is 0.326 e. The molecule has 1 atom stereocenters. The first-order valence-electron chi connectivity index (χ1n) is 7.33. The van der Waals surface area contributed by atoms with Crippen LogP contribution in [0.5, 0.6) is 0 Å². The summed E-state index contributed by atoms with van der Waals surface area (Å²) in [5.41, 5.74) is 1.68. The SMILES string of the molecule is Cc1ccc(S(=O)(=O)N[C@@H](CO)C(=O)OCc2ccccc2)cc1.